The molecule has 1 aromatic heterocycles. The van der Waals surface area contributed by atoms with Crippen LogP contribution in [0.3, 0.4) is 0 Å². The molecule has 9 nitrogen and oxygen atoms in total. The Balaban J connectivity index is 1.29. The van der Waals surface area contributed by atoms with Crippen LogP contribution in [0.15, 0.2) is 54.9 Å². The summed E-state index contributed by atoms with van der Waals surface area (Å²) in [5.74, 6) is 0.379. The van der Waals surface area contributed by atoms with E-state index in [1.807, 2.05) is 0 Å². The molecule has 38 heavy (non-hydrogen) atoms. The third-order valence-corrected chi connectivity index (χ3v) is 5.74. The molecule has 1 heterocycles. The summed E-state index contributed by atoms with van der Waals surface area (Å²) in [5, 5.41) is 5.54. The number of hydrogen-bond acceptors (Lipinski definition) is 7. The number of rotatable bonds is 10. The maximum absolute atomic E-state index is 12.5. The van der Waals surface area contributed by atoms with Crippen molar-refractivity contribution in [2.24, 2.45) is 11.7 Å². The van der Waals surface area contributed by atoms with Crippen LogP contribution in [-0.4, -0.2) is 28.1 Å². The molecule has 0 bridgehead atoms. The second kappa shape index (κ2) is 11.5. The molecule has 1 saturated carbocycles. The molecule has 0 saturated heterocycles. The maximum atomic E-state index is 12.5. The van der Waals surface area contributed by atoms with Crippen molar-refractivity contribution in [3.05, 3.63) is 66.0 Å². The molecular formula is C26H26F3N5O4. The van der Waals surface area contributed by atoms with Crippen molar-refractivity contribution >= 4 is 23.3 Å². The number of nitrogens with zero attached hydrogens (tertiary/aromatic N) is 2. The summed E-state index contributed by atoms with van der Waals surface area (Å²) in [6.45, 7) is 1.79. The molecular weight excluding hydrogens is 503 g/mol. The molecule has 1 aliphatic carbocycles. The topological polar surface area (TPSA) is 128 Å². The lowest BCUT2D eigenvalue weighted by Gasteiger charge is -2.15. The number of alkyl halides is 3. The number of amides is 2. The first-order valence-electron chi connectivity index (χ1n) is 11.9. The summed E-state index contributed by atoms with van der Waals surface area (Å²) in [4.78, 5) is 32.5. The van der Waals surface area contributed by atoms with E-state index in [2.05, 4.69) is 25.3 Å². The summed E-state index contributed by atoms with van der Waals surface area (Å²) in [7, 11) is 0. The van der Waals surface area contributed by atoms with Crippen LogP contribution in [0, 0.1) is 12.8 Å². The van der Waals surface area contributed by atoms with E-state index < -0.39 is 12.4 Å². The van der Waals surface area contributed by atoms with Crippen molar-refractivity contribution in [3.63, 3.8) is 0 Å². The lowest BCUT2D eigenvalue weighted by Crippen LogP contribution is -2.19. The quantitative estimate of drug-likeness (QED) is 0.328. The van der Waals surface area contributed by atoms with Crippen molar-refractivity contribution < 1.29 is 32.2 Å². The Morgan fingerprint density at radius 2 is 1.87 bits per heavy atom. The number of hydrogen-bond donors (Lipinski definition) is 3. The molecule has 12 heteroatoms. The highest BCUT2D eigenvalue weighted by Gasteiger charge is 2.31. The normalized spacial score (nSPS) is 13.9. The van der Waals surface area contributed by atoms with Crippen molar-refractivity contribution in [2.45, 2.75) is 45.0 Å². The highest BCUT2D eigenvalue weighted by Crippen LogP contribution is 2.31. The van der Waals surface area contributed by atoms with Gasteiger partial charge in [-0.05, 0) is 67.6 Å². The Hall–Kier alpha value is -4.19. The van der Waals surface area contributed by atoms with E-state index in [0.29, 0.717) is 22.8 Å². The fourth-order valence-corrected chi connectivity index (χ4v) is 3.61. The summed E-state index contributed by atoms with van der Waals surface area (Å²) in [6, 6.07) is 11.3. The van der Waals surface area contributed by atoms with E-state index in [4.69, 9.17) is 10.5 Å². The minimum Gasteiger partial charge on any atom is -0.439 e. The predicted molar refractivity (Wildman–Crippen MR) is 133 cm³/mol. The lowest BCUT2D eigenvalue weighted by atomic mass is 10.0. The fourth-order valence-electron chi connectivity index (χ4n) is 3.61. The number of anilines is 2. The standard InChI is InChI=1S/C26H26F3N5O4/c1-15-11-18(37-24-13-22(31-14-32-24)34-25(36)16-5-6-16)7-9-21(15)33-23(35)10-8-20(30)17-3-2-4-19(12-17)38-26(27,28)29/h2-4,7,9,11-14,16,20H,5-6,8,10,30H2,1H3,(H,33,35)(H,31,32,34,36). The predicted octanol–water partition coefficient (Wildman–Crippen LogP) is 5.24. The first kappa shape index (κ1) is 26.9. The fraction of sp³-hybridized carbons (Fsp3) is 0.308. The van der Waals surface area contributed by atoms with Crippen molar-refractivity contribution in [1.29, 1.82) is 0 Å². The first-order chi connectivity index (χ1) is 18.1. The van der Waals surface area contributed by atoms with Gasteiger partial charge in [-0.2, -0.15) is 0 Å². The molecule has 0 aliphatic heterocycles. The molecule has 1 unspecified atom stereocenters. The van der Waals surface area contributed by atoms with E-state index in [1.54, 1.807) is 31.2 Å². The first-order valence-corrected chi connectivity index (χ1v) is 11.9. The average Bonchev–Trinajstić information content (AvgIpc) is 3.69. The van der Waals surface area contributed by atoms with Crippen LogP contribution in [0.4, 0.5) is 24.7 Å². The Kier molecular flexibility index (Phi) is 8.10. The van der Waals surface area contributed by atoms with Gasteiger partial charge in [0, 0.05) is 30.1 Å². The summed E-state index contributed by atoms with van der Waals surface area (Å²) < 4.78 is 47.0. The van der Waals surface area contributed by atoms with Gasteiger partial charge in [0.05, 0.1) is 0 Å². The zero-order chi connectivity index (χ0) is 27.3. The zero-order valence-corrected chi connectivity index (χ0v) is 20.4. The highest BCUT2D eigenvalue weighted by atomic mass is 19.4. The van der Waals surface area contributed by atoms with Crippen LogP contribution < -0.4 is 25.8 Å². The van der Waals surface area contributed by atoms with E-state index >= 15 is 0 Å². The number of nitrogens with two attached hydrogens (primary N) is 1. The molecule has 0 radical (unpaired) electrons. The lowest BCUT2D eigenvalue weighted by molar-refractivity contribution is -0.274. The number of halogens is 3. The minimum atomic E-state index is -4.80. The maximum Gasteiger partial charge on any atom is 0.573 e. The molecule has 1 atom stereocenters. The highest BCUT2D eigenvalue weighted by molar-refractivity contribution is 5.93. The molecule has 1 fully saturated rings. The Labute approximate surface area is 216 Å². The Bertz CT molecular complexity index is 1310. The Morgan fingerprint density at radius 1 is 1.08 bits per heavy atom. The molecule has 200 valence electrons. The van der Waals surface area contributed by atoms with Gasteiger partial charge in [-0.15, -0.1) is 13.2 Å². The molecule has 0 spiro atoms. The number of aryl methyl sites for hydroxylation is 1. The van der Waals surface area contributed by atoms with Crippen molar-refractivity contribution in [1.82, 2.24) is 9.97 Å². The van der Waals surface area contributed by atoms with Crippen LogP contribution in [0.1, 0.15) is 42.9 Å². The van der Waals surface area contributed by atoms with Crippen LogP contribution in [0.5, 0.6) is 17.4 Å². The molecule has 4 rings (SSSR count). The van der Waals surface area contributed by atoms with E-state index in [-0.39, 0.29) is 42.2 Å². The molecule has 2 amide bonds. The van der Waals surface area contributed by atoms with Crippen LogP contribution in [-0.2, 0) is 9.59 Å². The number of nitrogens with one attached hydrogen (secondary N) is 2. The van der Waals surface area contributed by atoms with Gasteiger partial charge < -0.3 is 25.8 Å². The second-order valence-electron chi connectivity index (χ2n) is 8.90. The van der Waals surface area contributed by atoms with Gasteiger partial charge in [0.25, 0.3) is 0 Å². The number of ether oxygens (including phenoxy) is 2. The number of carbonyl (C=O) groups is 2. The van der Waals surface area contributed by atoms with Gasteiger partial charge in [-0.1, -0.05) is 12.1 Å². The van der Waals surface area contributed by atoms with E-state index in [1.165, 1.54) is 30.6 Å². The zero-order valence-electron chi connectivity index (χ0n) is 20.4. The SMILES string of the molecule is Cc1cc(Oc2cc(NC(=O)C3CC3)ncn2)ccc1NC(=O)CCC(N)c1cccc(OC(F)(F)F)c1. The second-order valence-corrected chi connectivity index (χ2v) is 8.90. The van der Waals surface area contributed by atoms with Crippen molar-refractivity contribution in [3.8, 4) is 17.4 Å². The van der Waals surface area contributed by atoms with Gasteiger partial charge >= 0.3 is 6.36 Å². The van der Waals surface area contributed by atoms with E-state index in [9.17, 15) is 22.8 Å². The van der Waals surface area contributed by atoms with Crippen LogP contribution in [0.25, 0.3) is 0 Å². The van der Waals surface area contributed by atoms with Crippen LogP contribution in [0.2, 0.25) is 0 Å². The summed E-state index contributed by atoms with van der Waals surface area (Å²) in [6.07, 6.45) is -1.47. The minimum absolute atomic E-state index is 0.0412. The summed E-state index contributed by atoms with van der Waals surface area (Å²) >= 11 is 0. The third-order valence-electron chi connectivity index (χ3n) is 5.74. The molecule has 3 aromatic rings. The number of aromatic nitrogens is 2. The smallest absolute Gasteiger partial charge is 0.439 e. The summed E-state index contributed by atoms with van der Waals surface area (Å²) in [5.41, 5.74) is 7.80. The van der Waals surface area contributed by atoms with Gasteiger partial charge in [-0.3, -0.25) is 9.59 Å². The third kappa shape index (κ3) is 7.90. The average molecular weight is 530 g/mol. The molecule has 1 aliphatic rings. The Morgan fingerprint density at radius 3 is 2.58 bits per heavy atom. The number of benzene rings is 2. The monoisotopic (exact) mass is 529 g/mol. The molecule has 4 N–H and O–H groups in total. The van der Waals surface area contributed by atoms with Crippen molar-refractivity contribution in [2.75, 3.05) is 10.6 Å². The number of carbonyl (C=O) groups excluding carboxylic acids is 2. The van der Waals surface area contributed by atoms with Gasteiger partial charge in [0.2, 0.25) is 17.7 Å². The van der Waals surface area contributed by atoms with E-state index in [0.717, 1.165) is 18.4 Å². The van der Waals surface area contributed by atoms with Crippen LogP contribution >= 0.6 is 0 Å². The van der Waals surface area contributed by atoms with Gasteiger partial charge in [-0.25, -0.2) is 9.97 Å². The van der Waals surface area contributed by atoms with Gasteiger partial charge in [0.1, 0.15) is 23.6 Å². The molecule has 2 aromatic carbocycles. The van der Waals surface area contributed by atoms with Gasteiger partial charge in [0.15, 0.2) is 0 Å². The largest absolute Gasteiger partial charge is 0.573 e.